The Labute approximate surface area is 141 Å². The highest BCUT2D eigenvalue weighted by molar-refractivity contribution is 7.99. The molecule has 0 aliphatic carbocycles. The lowest BCUT2D eigenvalue weighted by Crippen LogP contribution is -2.52. The molecule has 0 N–H and O–H groups in total. The lowest BCUT2D eigenvalue weighted by Gasteiger charge is -2.38. The van der Waals surface area contributed by atoms with E-state index in [-0.39, 0.29) is 5.91 Å². The van der Waals surface area contributed by atoms with Crippen LogP contribution in [0.5, 0.6) is 11.5 Å². The molecule has 0 bridgehead atoms. The van der Waals surface area contributed by atoms with Gasteiger partial charge in [0.15, 0.2) is 0 Å². The predicted octanol–water partition coefficient (Wildman–Crippen LogP) is 1.97. The molecule has 2 saturated heterocycles. The van der Waals surface area contributed by atoms with Crippen LogP contribution >= 0.6 is 11.8 Å². The maximum absolute atomic E-state index is 12.8. The lowest BCUT2D eigenvalue weighted by atomic mass is 10.1. The largest absolute Gasteiger partial charge is 0.497 e. The van der Waals surface area contributed by atoms with Crippen molar-refractivity contribution in [3.05, 3.63) is 23.8 Å². The van der Waals surface area contributed by atoms with Crippen LogP contribution in [0.2, 0.25) is 0 Å². The maximum atomic E-state index is 12.8. The Morgan fingerprint density at radius 1 is 1.17 bits per heavy atom. The van der Waals surface area contributed by atoms with Crippen LogP contribution < -0.4 is 9.47 Å². The standard InChI is InChI=1S/C17H24N2O3S/c1-21-14-3-4-16(22-2)15(11-14)17(20)19-8-6-18(7-9-19)13-5-10-23-12-13/h3-4,11,13H,5-10,12H2,1-2H3/t13-/m1/s1. The number of thioether (sulfide) groups is 1. The summed E-state index contributed by atoms with van der Waals surface area (Å²) < 4.78 is 10.6. The highest BCUT2D eigenvalue weighted by Crippen LogP contribution is 2.27. The minimum absolute atomic E-state index is 0.0289. The number of hydrogen-bond acceptors (Lipinski definition) is 5. The third-order valence-corrected chi connectivity index (χ3v) is 5.81. The first kappa shape index (κ1) is 16.5. The van der Waals surface area contributed by atoms with Gasteiger partial charge in [0.05, 0.1) is 19.8 Å². The van der Waals surface area contributed by atoms with E-state index in [0.29, 0.717) is 23.1 Å². The molecule has 1 aromatic rings. The summed E-state index contributed by atoms with van der Waals surface area (Å²) >= 11 is 2.04. The number of hydrogen-bond donors (Lipinski definition) is 0. The first-order valence-corrected chi connectivity index (χ1v) is 9.21. The van der Waals surface area contributed by atoms with Crippen LogP contribution in [0.25, 0.3) is 0 Å². The second-order valence-electron chi connectivity index (χ2n) is 5.91. The van der Waals surface area contributed by atoms with E-state index < -0.39 is 0 Å². The molecule has 6 heteroatoms. The second kappa shape index (κ2) is 7.45. The van der Waals surface area contributed by atoms with Gasteiger partial charge in [-0.05, 0) is 30.4 Å². The minimum atomic E-state index is 0.0289. The van der Waals surface area contributed by atoms with E-state index in [4.69, 9.17) is 9.47 Å². The molecule has 2 heterocycles. The number of benzene rings is 1. The van der Waals surface area contributed by atoms with Crippen LogP contribution in [0.3, 0.4) is 0 Å². The summed E-state index contributed by atoms with van der Waals surface area (Å²) in [5, 5.41) is 0. The van der Waals surface area contributed by atoms with E-state index in [1.165, 1.54) is 17.9 Å². The van der Waals surface area contributed by atoms with Crippen molar-refractivity contribution in [2.45, 2.75) is 12.5 Å². The van der Waals surface area contributed by atoms with Crippen LogP contribution in [-0.4, -0.2) is 73.7 Å². The zero-order valence-corrected chi connectivity index (χ0v) is 14.6. The SMILES string of the molecule is COc1ccc(OC)c(C(=O)N2CCN([C@@H]3CCSC3)CC2)c1. The van der Waals surface area contributed by atoms with Gasteiger partial charge >= 0.3 is 0 Å². The van der Waals surface area contributed by atoms with Crippen LogP contribution in [-0.2, 0) is 0 Å². The van der Waals surface area contributed by atoms with Gasteiger partial charge in [0.25, 0.3) is 5.91 Å². The number of carbonyl (C=O) groups is 1. The molecular weight excluding hydrogens is 312 g/mol. The van der Waals surface area contributed by atoms with Crippen molar-refractivity contribution >= 4 is 17.7 Å². The third kappa shape index (κ3) is 3.58. The van der Waals surface area contributed by atoms with Gasteiger partial charge in [-0.3, -0.25) is 9.69 Å². The molecule has 1 amide bonds. The lowest BCUT2D eigenvalue weighted by molar-refractivity contribution is 0.0585. The Bertz CT molecular complexity index is 553. The van der Waals surface area contributed by atoms with E-state index in [0.717, 1.165) is 26.2 Å². The highest BCUT2D eigenvalue weighted by Gasteiger charge is 2.29. The van der Waals surface area contributed by atoms with Gasteiger partial charge in [-0.25, -0.2) is 0 Å². The Morgan fingerprint density at radius 2 is 1.96 bits per heavy atom. The fourth-order valence-electron chi connectivity index (χ4n) is 3.25. The molecule has 1 aromatic carbocycles. The fourth-order valence-corrected chi connectivity index (χ4v) is 4.51. The Morgan fingerprint density at radius 3 is 2.57 bits per heavy atom. The van der Waals surface area contributed by atoms with Gasteiger partial charge in [-0.15, -0.1) is 0 Å². The summed E-state index contributed by atoms with van der Waals surface area (Å²) in [5.41, 5.74) is 0.580. The van der Waals surface area contributed by atoms with E-state index in [1.54, 1.807) is 26.4 Å². The van der Waals surface area contributed by atoms with Gasteiger partial charge < -0.3 is 14.4 Å². The van der Waals surface area contributed by atoms with Crippen LogP contribution in [0, 0.1) is 0 Å². The number of amides is 1. The number of carbonyl (C=O) groups excluding carboxylic acids is 1. The van der Waals surface area contributed by atoms with Crippen molar-refractivity contribution in [2.24, 2.45) is 0 Å². The summed E-state index contributed by atoms with van der Waals surface area (Å²) in [4.78, 5) is 17.3. The average molecular weight is 336 g/mol. The zero-order chi connectivity index (χ0) is 16.2. The van der Waals surface area contributed by atoms with E-state index in [1.807, 2.05) is 22.7 Å². The van der Waals surface area contributed by atoms with Crippen LogP contribution in [0.1, 0.15) is 16.8 Å². The van der Waals surface area contributed by atoms with Crippen molar-refractivity contribution in [3.8, 4) is 11.5 Å². The topological polar surface area (TPSA) is 42.0 Å². The molecule has 5 nitrogen and oxygen atoms in total. The van der Waals surface area contributed by atoms with Crippen LogP contribution in [0.4, 0.5) is 0 Å². The molecular formula is C17H24N2O3S. The van der Waals surface area contributed by atoms with E-state index in [9.17, 15) is 4.79 Å². The summed E-state index contributed by atoms with van der Waals surface area (Å²) in [6, 6.07) is 6.06. The summed E-state index contributed by atoms with van der Waals surface area (Å²) in [7, 11) is 3.20. The van der Waals surface area contributed by atoms with Gasteiger partial charge in [-0.1, -0.05) is 0 Å². The Kier molecular flexibility index (Phi) is 5.33. The summed E-state index contributed by atoms with van der Waals surface area (Å²) in [5.74, 6) is 3.81. The maximum Gasteiger partial charge on any atom is 0.257 e. The molecule has 126 valence electrons. The van der Waals surface area contributed by atoms with E-state index >= 15 is 0 Å². The first-order chi connectivity index (χ1) is 11.2. The molecule has 0 spiro atoms. The Balaban J connectivity index is 1.67. The zero-order valence-electron chi connectivity index (χ0n) is 13.8. The van der Waals surface area contributed by atoms with Crippen LogP contribution in [0.15, 0.2) is 18.2 Å². The normalized spacial score (nSPS) is 22.2. The van der Waals surface area contributed by atoms with Gasteiger partial charge in [0.1, 0.15) is 11.5 Å². The molecule has 3 rings (SSSR count). The van der Waals surface area contributed by atoms with Gasteiger partial charge in [0.2, 0.25) is 0 Å². The minimum Gasteiger partial charge on any atom is -0.497 e. The number of rotatable bonds is 4. The Hall–Kier alpha value is -1.40. The van der Waals surface area contributed by atoms with Gasteiger partial charge in [0, 0.05) is 38.0 Å². The van der Waals surface area contributed by atoms with Crippen molar-refractivity contribution in [3.63, 3.8) is 0 Å². The van der Waals surface area contributed by atoms with Crippen molar-refractivity contribution in [2.75, 3.05) is 51.9 Å². The number of methoxy groups -OCH3 is 2. The predicted molar refractivity (Wildman–Crippen MR) is 92.8 cm³/mol. The monoisotopic (exact) mass is 336 g/mol. The van der Waals surface area contributed by atoms with Crippen molar-refractivity contribution < 1.29 is 14.3 Å². The third-order valence-electron chi connectivity index (χ3n) is 4.66. The fraction of sp³-hybridized carbons (Fsp3) is 0.588. The molecule has 2 fully saturated rings. The average Bonchev–Trinajstić information content (AvgIpc) is 3.15. The second-order valence-corrected chi connectivity index (χ2v) is 7.06. The molecule has 2 aliphatic heterocycles. The number of nitrogens with zero attached hydrogens (tertiary/aromatic N) is 2. The highest BCUT2D eigenvalue weighted by atomic mass is 32.2. The van der Waals surface area contributed by atoms with E-state index in [2.05, 4.69) is 4.90 Å². The molecule has 23 heavy (non-hydrogen) atoms. The summed E-state index contributed by atoms with van der Waals surface area (Å²) in [6.07, 6.45) is 1.28. The smallest absolute Gasteiger partial charge is 0.257 e. The van der Waals surface area contributed by atoms with Gasteiger partial charge in [-0.2, -0.15) is 11.8 Å². The molecule has 0 saturated carbocycles. The number of ether oxygens (including phenoxy) is 2. The quantitative estimate of drug-likeness (QED) is 0.841. The number of piperazine rings is 1. The first-order valence-electron chi connectivity index (χ1n) is 8.06. The van der Waals surface area contributed by atoms with Crippen molar-refractivity contribution in [1.29, 1.82) is 0 Å². The molecule has 2 aliphatic rings. The molecule has 0 aromatic heterocycles. The van der Waals surface area contributed by atoms with Crippen molar-refractivity contribution in [1.82, 2.24) is 9.80 Å². The molecule has 1 atom stereocenters. The molecule has 0 unspecified atom stereocenters. The molecule has 0 radical (unpaired) electrons. The summed E-state index contributed by atoms with van der Waals surface area (Å²) in [6.45, 7) is 3.48.